The predicted molar refractivity (Wildman–Crippen MR) is 91.1 cm³/mol. The van der Waals surface area contributed by atoms with Gasteiger partial charge in [0.1, 0.15) is 22.6 Å². The van der Waals surface area contributed by atoms with Gasteiger partial charge in [0.05, 0.1) is 18.3 Å². The quantitative estimate of drug-likeness (QED) is 0.753. The van der Waals surface area contributed by atoms with Gasteiger partial charge in [0.2, 0.25) is 5.95 Å². The third-order valence-electron chi connectivity index (χ3n) is 5.54. The number of carbonyl (C=O) groups excluding carboxylic acids is 1. The molecule has 5 rings (SSSR count). The van der Waals surface area contributed by atoms with Crippen LogP contribution in [0.2, 0.25) is 0 Å². The van der Waals surface area contributed by atoms with E-state index in [4.69, 9.17) is 4.74 Å². The van der Waals surface area contributed by atoms with E-state index in [1.54, 1.807) is 10.7 Å². The van der Waals surface area contributed by atoms with Gasteiger partial charge in [-0.15, -0.1) is 0 Å². The summed E-state index contributed by atoms with van der Waals surface area (Å²) in [7, 11) is 1.37. The van der Waals surface area contributed by atoms with Crippen molar-refractivity contribution in [2.75, 3.05) is 24.3 Å². The Morgan fingerprint density at radius 3 is 2.71 bits per heavy atom. The number of fused-ring (bicyclic) bond motifs is 1. The number of cyclic esters (lactones) is 1. The highest BCUT2D eigenvalue weighted by atomic mass is 19.4. The first-order valence-corrected chi connectivity index (χ1v) is 8.99. The number of ether oxygens (including phenoxy) is 1. The van der Waals surface area contributed by atoms with E-state index in [0.29, 0.717) is 24.5 Å². The van der Waals surface area contributed by atoms with Gasteiger partial charge in [-0.2, -0.15) is 23.3 Å². The van der Waals surface area contributed by atoms with E-state index in [1.807, 2.05) is 0 Å². The monoisotopic (exact) mass is 394 g/mol. The molecule has 28 heavy (non-hydrogen) atoms. The first-order chi connectivity index (χ1) is 13.3. The van der Waals surface area contributed by atoms with Gasteiger partial charge in [-0.1, -0.05) is 0 Å². The summed E-state index contributed by atoms with van der Waals surface area (Å²) < 4.78 is 46.0. The average molecular weight is 394 g/mol. The summed E-state index contributed by atoms with van der Waals surface area (Å²) in [5.41, 5.74) is -0.978. The number of halogens is 3. The second-order valence-corrected chi connectivity index (χ2v) is 7.39. The maximum Gasteiger partial charge on any atom is 0.421 e. The van der Waals surface area contributed by atoms with Crippen molar-refractivity contribution in [3.05, 3.63) is 23.5 Å². The van der Waals surface area contributed by atoms with Crippen molar-refractivity contribution in [2.45, 2.75) is 36.9 Å². The maximum absolute atomic E-state index is 13.0. The minimum absolute atomic E-state index is 0.0181. The van der Waals surface area contributed by atoms with Crippen LogP contribution in [-0.2, 0) is 21.1 Å². The lowest BCUT2D eigenvalue weighted by molar-refractivity contribution is -0.142. The molecule has 3 fully saturated rings. The van der Waals surface area contributed by atoms with Crippen LogP contribution in [0.3, 0.4) is 0 Å². The molecule has 0 amide bonds. The van der Waals surface area contributed by atoms with E-state index < -0.39 is 17.2 Å². The van der Waals surface area contributed by atoms with Gasteiger partial charge >= 0.3 is 12.1 Å². The van der Waals surface area contributed by atoms with Crippen LogP contribution in [0.4, 0.5) is 30.8 Å². The van der Waals surface area contributed by atoms with Crippen LogP contribution in [0.25, 0.3) is 0 Å². The van der Waals surface area contributed by atoms with Gasteiger partial charge in [0.15, 0.2) is 0 Å². The summed E-state index contributed by atoms with van der Waals surface area (Å²) in [6, 6.07) is 1.95. The highest BCUT2D eigenvalue weighted by Crippen LogP contribution is 2.59. The third kappa shape index (κ3) is 2.52. The van der Waals surface area contributed by atoms with E-state index in [1.165, 1.54) is 7.05 Å². The van der Waals surface area contributed by atoms with E-state index in [9.17, 15) is 18.0 Å². The van der Waals surface area contributed by atoms with Crippen LogP contribution in [0.15, 0.2) is 12.3 Å². The molecule has 0 unspecified atom stereocenters. The Morgan fingerprint density at radius 1 is 1.36 bits per heavy atom. The second-order valence-electron chi connectivity index (χ2n) is 7.39. The number of nitrogens with one attached hydrogen (secondary N) is 2. The molecule has 3 aliphatic rings. The lowest BCUT2D eigenvalue weighted by Crippen LogP contribution is -2.19. The first kappa shape index (κ1) is 17.3. The fourth-order valence-electron chi connectivity index (χ4n) is 3.76. The summed E-state index contributed by atoms with van der Waals surface area (Å²) in [4.78, 5) is 19.9. The van der Waals surface area contributed by atoms with Gasteiger partial charge in [-0.3, -0.25) is 4.79 Å². The number of hydrogen-bond acceptors (Lipinski definition) is 7. The molecule has 8 nitrogen and oxygen atoms in total. The van der Waals surface area contributed by atoms with Crippen LogP contribution in [0.5, 0.6) is 0 Å². The number of alkyl halides is 3. The van der Waals surface area contributed by atoms with E-state index in [-0.39, 0.29) is 29.7 Å². The standard InChI is InChI=1S/C17H17F3N6O2/c1-21-13-10(17(18,19)20)6-22-15(24-13)23-12-4-11(25-26(12)9-2-3-9)16-5-8(16)7-28-14(16)27/h4,6,8-9H,2-3,5,7H2,1H3,(H2,21,22,23,24)/t8-,16-/m1/s1. The molecule has 0 aromatic carbocycles. The number of esters is 1. The number of aromatic nitrogens is 4. The highest BCUT2D eigenvalue weighted by molar-refractivity contribution is 5.89. The highest BCUT2D eigenvalue weighted by Gasteiger charge is 2.68. The summed E-state index contributed by atoms with van der Waals surface area (Å²) in [6.45, 7) is 0.408. The fraction of sp³-hybridized carbons (Fsp3) is 0.529. The van der Waals surface area contributed by atoms with Gasteiger partial charge in [-0.25, -0.2) is 9.67 Å². The number of nitrogens with zero attached hydrogens (tertiary/aromatic N) is 4. The molecule has 2 N–H and O–H groups in total. The Labute approximate surface area is 157 Å². The largest absolute Gasteiger partial charge is 0.465 e. The SMILES string of the molecule is CNc1nc(Nc2cc([C@@]34C[C@@H]3COC4=O)nn2C2CC2)ncc1C(F)(F)F. The zero-order valence-electron chi connectivity index (χ0n) is 14.9. The fourth-order valence-corrected chi connectivity index (χ4v) is 3.76. The molecule has 2 atom stereocenters. The average Bonchev–Trinajstić information content (AvgIpc) is 3.56. The molecular formula is C17H17F3N6O2. The Bertz CT molecular complexity index is 970. The van der Waals surface area contributed by atoms with Gasteiger partial charge in [0.25, 0.3) is 0 Å². The molecule has 11 heteroatoms. The Hall–Kier alpha value is -2.85. The van der Waals surface area contributed by atoms with Crippen molar-refractivity contribution in [3.8, 4) is 0 Å². The minimum Gasteiger partial charge on any atom is -0.465 e. The Balaban J connectivity index is 1.48. The van der Waals surface area contributed by atoms with Gasteiger partial charge in [-0.05, 0) is 19.3 Å². The van der Waals surface area contributed by atoms with Gasteiger partial charge < -0.3 is 15.4 Å². The van der Waals surface area contributed by atoms with Crippen molar-refractivity contribution in [1.29, 1.82) is 0 Å². The van der Waals surface area contributed by atoms with Crippen molar-refractivity contribution in [3.63, 3.8) is 0 Å². The van der Waals surface area contributed by atoms with Crippen LogP contribution in [0, 0.1) is 5.92 Å². The van der Waals surface area contributed by atoms with Crippen LogP contribution in [-0.4, -0.2) is 39.4 Å². The molecule has 0 spiro atoms. The zero-order chi connectivity index (χ0) is 19.7. The lowest BCUT2D eigenvalue weighted by Gasteiger charge is -2.13. The molecular weight excluding hydrogens is 377 g/mol. The lowest BCUT2D eigenvalue weighted by atomic mass is 10.0. The molecule has 2 saturated carbocycles. The second kappa shape index (κ2) is 5.58. The summed E-state index contributed by atoms with van der Waals surface area (Å²) in [6.07, 6.45) is -1.20. The van der Waals surface area contributed by atoms with E-state index in [0.717, 1.165) is 19.0 Å². The number of carbonyl (C=O) groups is 1. The molecule has 2 aliphatic carbocycles. The Morgan fingerprint density at radius 2 is 2.14 bits per heavy atom. The van der Waals surface area contributed by atoms with Crippen molar-refractivity contribution in [2.24, 2.45) is 5.92 Å². The topological polar surface area (TPSA) is 94.0 Å². The molecule has 0 radical (unpaired) electrons. The van der Waals surface area contributed by atoms with Crippen molar-refractivity contribution in [1.82, 2.24) is 19.7 Å². The summed E-state index contributed by atoms with van der Waals surface area (Å²) in [5.74, 6) is 0.146. The molecule has 0 bridgehead atoms. The summed E-state index contributed by atoms with van der Waals surface area (Å²) in [5, 5.41) is 10.0. The van der Waals surface area contributed by atoms with Crippen molar-refractivity contribution >= 4 is 23.6 Å². The van der Waals surface area contributed by atoms with Crippen LogP contribution >= 0.6 is 0 Å². The normalized spacial score (nSPS) is 26.0. The van der Waals surface area contributed by atoms with Crippen LogP contribution in [0.1, 0.15) is 36.6 Å². The Kier molecular flexibility index (Phi) is 3.44. The number of hydrogen-bond donors (Lipinski definition) is 2. The molecule has 1 aliphatic heterocycles. The van der Waals surface area contributed by atoms with Crippen molar-refractivity contribution < 1.29 is 22.7 Å². The third-order valence-corrected chi connectivity index (χ3v) is 5.54. The van der Waals surface area contributed by atoms with E-state index >= 15 is 0 Å². The molecule has 2 aromatic rings. The minimum atomic E-state index is -4.55. The maximum atomic E-state index is 13.0. The zero-order valence-corrected chi connectivity index (χ0v) is 14.9. The van der Waals surface area contributed by atoms with Crippen LogP contribution < -0.4 is 10.6 Å². The molecule has 1 saturated heterocycles. The number of rotatable bonds is 5. The first-order valence-electron chi connectivity index (χ1n) is 8.99. The van der Waals surface area contributed by atoms with E-state index in [2.05, 4.69) is 25.7 Å². The predicted octanol–water partition coefficient (Wildman–Crippen LogP) is 2.63. The summed E-state index contributed by atoms with van der Waals surface area (Å²) >= 11 is 0. The molecule has 2 aromatic heterocycles. The molecule has 3 heterocycles. The molecule has 148 valence electrons. The van der Waals surface area contributed by atoms with Gasteiger partial charge in [0, 0.05) is 25.2 Å². The smallest absolute Gasteiger partial charge is 0.421 e. The number of anilines is 3.